The van der Waals surface area contributed by atoms with Crippen molar-refractivity contribution in [2.45, 2.75) is 31.3 Å². The summed E-state index contributed by atoms with van der Waals surface area (Å²) in [5.74, 6) is -1.23. The van der Waals surface area contributed by atoms with E-state index in [2.05, 4.69) is 6.58 Å². The summed E-state index contributed by atoms with van der Waals surface area (Å²) in [5, 5.41) is 11.1. The number of halogens is 1. The maximum absolute atomic E-state index is 13.3. The maximum atomic E-state index is 13.3. The van der Waals surface area contributed by atoms with Crippen LogP contribution in [0.3, 0.4) is 0 Å². The largest absolute Gasteiger partial charge is 0.507 e. The van der Waals surface area contributed by atoms with Crippen molar-refractivity contribution in [1.82, 2.24) is 13.9 Å². The molecule has 9 heteroatoms. The van der Waals surface area contributed by atoms with Crippen LogP contribution in [-0.4, -0.2) is 30.6 Å². The Labute approximate surface area is 202 Å². The first-order valence-electron chi connectivity index (χ1n) is 10.4. The molecule has 8 nitrogen and oxygen atoms in total. The van der Waals surface area contributed by atoms with Gasteiger partial charge in [-0.05, 0) is 40.1 Å². The fourth-order valence-corrected chi connectivity index (χ4v) is 5.67. The van der Waals surface area contributed by atoms with Crippen LogP contribution < -0.4 is 11.4 Å². The highest BCUT2D eigenvalue weighted by molar-refractivity contribution is 14.1. The molecule has 0 radical (unpaired) electrons. The highest BCUT2D eigenvalue weighted by Crippen LogP contribution is 2.52. The summed E-state index contributed by atoms with van der Waals surface area (Å²) in [4.78, 5) is 51.8. The van der Waals surface area contributed by atoms with Crippen LogP contribution in [-0.2, 0) is 29.6 Å². The number of carbonyl (C=O) groups excluding carboxylic acids is 2. The zero-order valence-electron chi connectivity index (χ0n) is 17.7. The molecule has 0 saturated heterocycles. The molecule has 0 saturated carbocycles. The first-order valence-corrected chi connectivity index (χ1v) is 11.5. The van der Waals surface area contributed by atoms with Gasteiger partial charge in [-0.1, -0.05) is 30.4 Å². The molecule has 0 spiro atoms. The van der Waals surface area contributed by atoms with E-state index in [0.29, 0.717) is 32.3 Å². The number of aromatic nitrogens is 3. The molecule has 1 N–H and O–H groups in total. The topological polar surface area (TPSA) is 103 Å². The predicted octanol–water partition coefficient (Wildman–Crippen LogP) is 2.22. The number of aromatic hydroxyl groups is 1. The van der Waals surface area contributed by atoms with E-state index in [0.717, 1.165) is 10.1 Å². The standard InChI is InChI=1S/C24H20IN3O5/c1-3-5-12-6-4-7-14(21(12)30)19-13-8-9-27-23(32)26(2)24(33)28(27)17(13)10-15-18(29)11-16(25)22(31)20(15)19/h3-4,6-8,11,17,19,30H,1,5,9-10H2,2H3/t17-,19-/m1/s1. The Balaban J connectivity index is 1.80. The van der Waals surface area contributed by atoms with Gasteiger partial charge in [0.1, 0.15) is 5.75 Å². The van der Waals surface area contributed by atoms with Crippen LogP contribution in [0.2, 0.25) is 0 Å². The third-order valence-corrected chi connectivity index (χ3v) is 7.42. The minimum absolute atomic E-state index is 0.0315. The fourth-order valence-electron chi connectivity index (χ4n) is 5.10. The van der Waals surface area contributed by atoms with Crippen molar-refractivity contribution in [3.05, 3.63) is 95.4 Å². The molecule has 5 rings (SSSR count). The second-order valence-electron chi connectivity index (χ2n) is 8.33. The summed E-state index contributed by atoms with van der Waals surface area (Å²) in [6.45, 7) is 3.89. The van der Waals surface area contributed by atoms with Crippen molar-refractivity contribution >= 4 is 34.2 Å². The smallest absolute Gasteiger partial charge is 0.347 e. The third-order valence-electron chi connectivity index (χ3n) is 6.62. The Morgan fingerprint density at radius 2 is 1.97 bits per heavy atom. The first-order chi connectivity index (χ1) is 15.8. The number of carbonyl (C=O) groups is 2. The fraction of sp³-hybridized carbons (Fsp3) is 0.250. The minimum Gasteiger partial charge on any atom is -0.507 e. The number of hydrogen-bond acceptors (Lipinski definition) is 5. The number of fused-ring (bicyclic) bond motifs is 3. The van der Waals surface area contributed by atoms with Crippen molar-refractivity contribution in [2.24, 2.45) is 7.05 Å². The Kier molecular flexibility index (Phi) is 5.04. The minimum atomic E-state index is -0.714. The number of phenols is 1. The summed E-state index contributed by atoms with van der Waals surface area (Å²) in [6.07, 6.45) is 5.38. The summed E-state index contributed by atoms with van der Waals surface area (Å²) in [7, 11) is 1.42. The summed E-state index contributed by atoms with van der Waals surface area (Å²) in [5.41, 5.74) is 1.59. The molecule has 0 amide bonds. The third kappa shape index (κ3) is 3.01. The Hall–Kier alpha value is -3.21. The average Bonchev–Trinajstić information content (AvgIpc) is 3.02. The van der Waals surface area contributed by atoms with Gasteiger partial charge in [-0.15, -0.1) is 6.58 Å². The van der Waals surface area contributed by atoms with Gasteiger partial charge in [0, 0.05) is 42.2 Å². The molecule has 0 bridgehead atoms. The zero-order chi connectivity index (χ0) is 23.6. The molecule has 33 heavy (non-hydrogen) atoms. The van der Waals surface area contributed by atoms with Gasteiger partial charge in [0.25, 0.3) is 0 Å². The number of Topliss-reactive ketones (excluding diaryl/α,β-unsaturated/α-hetero) is 1. The first kappa shape index (κ1) is 21.6. The molecule has 0 unspecified atom stereocenters. The SMILES string of the molecule is C=CCc1cccc([C@H]2C3=CCn4c(=O)n(C)c(=O)n4[C@@H]3CC3=C2C(=O)C(I)=CC3=O)c1O. The Bertz CT molecular complexity index is 1480. The highest BCUT2D eigenvalue weighted by Gasteiger charge is 2.45. The number of hydrogen-bond donors (Lipinski definition) is 1. The Morgan fingerprint density at radius 3 is 2.70 bits per heavy atom. The van der Waals surface area contributed by atoms with Crippen LogP contribution in [0.1, 0.15) is 29.5 Å². The van der Waals surface area contributed by atoms with E-state index in [1.54, 1.807) is 24.3 Å². The molecular weight excluding hydrogens is 537 g/mol. The van der Waals surface area contributed by atoms with E-state index in [9.17, 15) is 24.3 Å². The highest BCUT2D eigenvalue weighted by atomic mass is 127. The molecule has 0 fully saturated rings. The van der Waals surface area contributed by atoms with Gasteiger partial charge in [-0.3, -0.25) is 9.59 Å². The van der Waals surface area contributed by atoms with Crippen LogP contribution in [0, 0.1) is 0 Å². The number of phenolic OH excluding ortho intramolecular Hbond substituents is 1. The lowest BCUT2D eigenvalue weighted by molar-refractivity contribution is -0.115. The Morgan fingerprint density at radius 1 is 1.21 bits per heavy atom. The van der Waals surface area contributed by atoms with Crippen molar-refractivity contribution in [1.29, 1.82) is 0 Å². The number of para-hydroxylation sites is 1. The van der Waals surface area contributed by atoms with Gasteiger partial charge < -0.3 is 5.11 Å². The molecular formula is C24H20IN3O5. The number of allylic oxidation sites excluding steroid dienone is 7. The molecule has 1 aromatic heterocycles. The number of rotatable bonds is 3. The van der Waals surface area contributed by atoms with Gasteiger partial charge >= 0.3 is 11.4 Å². The van der Waals surface area contributed by atoms with Crippen LogP contribution in [0.15, 0.2) is 72.9 Å². The van der Waals surface area contributed by atoms with Crippen LogP contribution in [0.5, 0.6) is 5.75 Å². The predicted molar refractivity (Wildman–Crippen MR) is 130 cm³/mol. The normalized spacial score (nSPS) is 21.8. The van der Waals surface area contributed by atoms with Gasteiger partial charge in [0.2, 0.25) is 0 Å². The average molecular weight is 557 g/mol. The van der Waals surface area contributed by atoms with E-state index in [1.165, 1.54) is 22.5 Å². The number of ketones is 2. The van der Waals surface area contributed by atoms with E-state index in [-0.39, 0.29) is 30.3 Å². The number of benzene rings is 1. The van der Waals surface area contributed by atoms with Crippen LogP contribution >= 0.6 is 22.6 Å². The monoisotopic (exact) mass is 557 g/mol. The van der Waals surface area contributed by atoms with Gasteiger partial charge in [-0.25, -0.2) is 23.5 Å². The second-order valence-corrected chi connectivity index (χ2v) is 9.50. The quantitative estimate of drug-likeness (QED) is 0.354. The molecule has 1 aliphatic heterocycles. The lowest BCUT2D eigenvalue weighted by Crippen LogP contribution is -2.40. The lowest BCUT2D eigenvalue weighted by atomic mass is 9.68. The van der Waals surface area contributed by atoms with Crippen LogP contribution in [0.4, 0.5) is 0 Å². The molecule has 3 aliphatic rings. The molecule has 168 valence electrons. The molecule has 2 aliphatic carbocycles. The van der Waals surface area contributed by atoms with Gasteiger partial charge in [-0.2, -0.15) is 0 Å². The summed E-state index contributed by atoms with van der Waals surface area (Å²) < 4.78 is 4.07. The molecule has 2 aromatic rings. The van der Waals surface area contributed by atoms with Crippen molar-refractivity contribution in [2.75, 3.05) is 0 Å². The zero-order valence-corrected chi connectivity index (χ0v) is 19.9. The van der Waals surface area contributed by atoms with Gasteiger partial charge in [0.05, 0.1) is 16.2 Å². The lowest BCUT2D eigenvalue weighted by Gasteiger charge is -2.39. The molecule has 1 aromatic carbocycles. The summed E-state index contributed by atoms with van der Waals surface area (Å²) in [6, 6.07) is 4.69. The van der Waals surface area contributed by atoms with Crippen molar-refractivity contribution < 1.29 is 14.7 Å². The van der Waals surface area contributed by atoms with Crippen molar-refractivity contribution in [3.8, 4) is 5.75 Å². The molecule has 2 heterocycles. The van der Waals surface area contributed by atoms with Crippen LogP contribution in [0.25, 0.3) is 0 Å². The van der Waals surface area contributed by atoms with E-state index in [1.807, 2.05) is 28.7 Å². The van der Waals surface area contributed by atoms with E-state index in [4.69, 9.17) is 0 Å². The second kappa shape index (κ2) is 7.68. The summed E-state index contributed by atoms with van der Waals surface area (Å²) >= 11 is 1.86. The maximum Gasteiger partial charge on any atom is 0.347 e. The van der Waals surface area contributed by atoms with Crippen molar-refractivity contribution in [3.63, 3.8) is 0 Å². The number of nitrogens with zero attached hydrogens (tertiary/aromatic N) is 3. The van der Waals surface area contributed by atoms with Gasteiger partial charge in [0.15, 0.2) is 11.6 Å². The van der Waals surface area contributed by atoms with E-state index >= 15 is 0 Å². The molecule has 2 atom stereocenters. The van der Waals surface area contributed by atoms with E-state index < -0.39 is 23.3 Å².